The molecule has 0 aliphatic carbocycles. The van der Waals surface area contributed by atoms with Crippen molar-refractivity contribution in [1.82, 2.24) is 10.6 Å². The molecule has 4 N–H and O–H groups in total. The molecule has 0 aromatic heterocycles. The number of carbonyl (C=O) groups is 2. The first-order valence-electron chi connectivity index (χ1n) is 7.66. The van der Waals surface area contributed by atoms with Crippen LogP contribution >= 0.6 is 12.2 Å². The van der Waals surface area contributed by atoms with Crippen LogP contribution in [0.25, 0.3) is 0 Å². The SMILES string of the molecule is C/C(O)=C(\C(=N)NC(=O)c1ccccc1)C(=S)NC(=O)c1ccccc1. The number of aliphatic hydroxyl groups is 1. The summed E-state index contributed by atoms with van der Waals surface area (Å²) in [5.74, 6) is -1.69. The van der Waals surface area contributed by atoms with Crippen LogP contribution in [0.3, 0.4) is 0 Å². The highest BCUT2D eigenvalue weighted by Gasteiger charge is 2.20. The Labute approximate surface area is 156 Å². The molecule has 0 heterocycles. The summed E-state index contributed by atoms with van der Waals surface area (Å²) < 4.78 is 0. The van der Waals surface area contributed by atoms with E-state index in [1.54, 1.807) is 60.7 Å². The Bertz CT molecular complexity index is 806. The number of nitrogens with one attached hydrogen (secondary N) is 3. The van der Waals surface area contributed by atoms with Crippen molar-refractivity contribution in [2.24, 2.45) is 0 Å². The van der Waals surface area contributed by atoms with Gasteiger partial charge in [0.1, 0.15) is 16.6 Å². The molecule has 6 nitrogen and oxygen atoms in total. The van der Waals surface area contributed by atoms with Gasteiger partial charge >= 0.3 is 0 Å². The predicted molar refractivity (Wildman–Crippen MR) is 103 cm³/mol. The molecule has 2 amide bonds. The third-order valence-electron chi connectivity index (χ3n) is 3.38. The second-order valence-electron chi connectivity index (χ2n) is 5.30. The van der Waals surface area contributed by atoms with Crippen molar-refractivity contribution in [3.05, 3.63) is 83.1 Å². The minimum atomic E-state index is -0.522. The Morgan fingerprint density at radius 1 is 0.885 bits per heavy atom. The zero-order valence-corrected chi connectivity index (χ0v) is 14.8. The van der Waals surface area contributed by atoms with Crippen LogP contribution in [0.1, 0.15) is 27.6 Å². The summed E-state index contributed by atoms with van der Waals surface area (Å²) in [7, 11) is 0. The first-order chi connectivity index (χ1) is 12.4. The maximum absolute atomic E-state index is 12.2. The van der Waals surface area contributed by atoms with Crippen LogP contribution in [-0.2, 0) is 0 Å². The van der Waals surface area contributed by atoms with Gasteiger partial charge in [0.2, 0.25) is 0 Å². The van der Waals surface area contributed by atoms with Crippen LogP contribution in [0.15, 0.2) is 72.0 Å². The van der Waals surface area contributed by atoms with Gasteiger partial charge in [-0.05, 0) is 31.2 Å². The molecule has 0 radical (unpaired) electrons. The van der Waals surface area contributed by atoms with Gasteiger partial charge in [-0.15, -0.1) is 0 Å². The van der Waals surface area contributed by atoms with Gasteiger partial charge in [0.05, 0.1) is 5.57 Å². The van der Waals surface area contributed by atoms with Gasteiger partial charge in [0.25, 0.3) is 11.8 Å². The minimum absolute atomic E-state index is 0.131. The van der Waals surface area contributed by atoms with E-state index in [2.05, 4.69) is 10.6 Å². The van der Waals surface area contributed by atoms with Gasteiger partial charge in [-0.2, -0.15) is 0 Å². The molecule has 0 spiro atoms. The topological polar surface area (TPSA) is 102 Å². The van der Waals surface area contributed by atoms with Crippen molar-refractivity contribution in [3.63, 3.8) is 0 Å². The number of hydrogen-bond acceptors (Lipinski definition) is 5. The largest absolute Gasteiger partial charge is 0.512 e. The van der Waals surface area contributed by atoms with Crippen molar-refractivity contribution in [1.29, 1.82) is 5.41 Å². The Morgan fingerprint density at radius 2 is 1.31 bits per heavy atom. The Balaban J connectivity index is 2.12. The molecule has 0 fully saturated rings. The molecular weight excluding hydrogens is 350 g/mol. The quantitative estimate of drug-likeness (QED) is 0.219. The Kier molecular flexibility index (Phi) is 6.35. The third kappa shape index (κ3) is 4.84. The third-order valence-corrected chi connectivity index (χ3v) is 3.68. The number of hydrogen-bond donors (Lipinski definition) is 4. The first kappa shape index (κ1) is 19.0. The fourth-order valence-corrected chi connectivity index (χ4v) is 2.47. The molecule has 0 bridgehead atoms. The summed E-state index contributed by atoms with van der Waals surface area (Å²) >= 11 is 5.13. The molecule has 132 valence electrons. The average Bonchev–Trinajstić information content (AvgIpc) is 2.62. The van der Waals surface area contributed by atoms with Crippen LogP contribution in [0.5, 0.6) is 0 Å². The normalized spacial score (nSPS) is 11.1. The van der Waals surface area contributed by atoms with Crippen LogP contribution in [0.2, 0.25) is 0 Å². The Hall–Kier alpha value is -3.32. The average molecular weight is 367 g/mol. The van der Waals surface area contributed by atoms with Gasteiger partial charge in [0, 0.05) is 11.1 Å². The lowest BCUT2D eigenvalue weighted by molar-refractivity contribution is 0.0970. The summed E-state index contributed by atoms with van der Waals surface area (Å²) in [4.78, 5) is 24.2. The van der Waals surface area contributed by atoms with Crippen LogP contribution in [0.4, 0.5) is 0 Å². The van der Waals surface area contributed by atoms with E-state index in [-0.39, 0.29) is 16.3 Å². The molecular formula is C19H17N3O3S. The molecule has 2 aromatic carbocycles. The molecule has 26 heavy (non-hydrogen) atoms. The molecule has 2 rings (SSSR count). The summed E-state index contributed by atoms with van der Waals surface area (Å²) in [5.41, 5.74) is 0.602. The number of thiocarbonyl (C=S) groups is 1. The summed E-state index contributed by atoms with van der Waals surface area (Å²) in [6, 6.07) is 16.7. The molecule has 0 unspecified atom stereocenters. The zero-order chi connectivity index (χ0) is 19.1. The maximum atomic E-state index is 12.2. The van der Waals surface area contributed by atoms with E-state index in [9.17, 15) is 14.7 Å². The lowest BCUT2D eigenvalue weighted by Crippen LogP contribution is -2.39. The molecule has 0 saturated heterocycles. The first-order valence-corrected chi connectivity index (χ1v) is 8.07. The highest BCUT2D eigenvalue weighted by molar-refractivity contribution is 7.81. The van der Waals surface area contributed by atoms with Crippen molar-refractivity contribution in [3.8, 4) is 0 Å². The zero-order valence-electron chi connectivity index (χ0n) is 13.9. The number of rotatable bonds is 4. The van der Waals surface area contributed by atoms with E-state index >= 15 is 0 Å². The van der Waals surface area contributed by atoms with Crippen molar-refractivity contribution < 1.29 is 14.7 Å². The molecule has 2 aromatic rings. The molecule has 0 saturated carbocycles. The van der Waals surface area contributed by atoms with Crippen LogP contribution in [-0.4, -0.2) is 27.7 Å². The van der Waals surface area contributed by atoms with E-state index < -0.39 is 17.6 Å². The van der Waals surface area contributed by atoms with Crippen molar-refractivity contribution >= 4 is 34.9 Å². The summed E-state index contributed by atoms with van der Waals surface area (Å²) in [6.45, 7) is 1.32. The molecule has 0 aliphatic heterocycles. The monoisotopic (exact) mass is 367 g/mol. The van der Waals surface area contributed by atoms with Crippen molar-refractivity contribution in [2.75, 3.05) is 0 Å². The minimum Gasteiger partial charge on any atom is -0.512 e. The van der Waals surface area contributed by atoms with Gasteiger partial charge in [-0.25, -0.2) is 0 Å². The van der Waals surface area contributed by atoms with E-state index in [4.69, 9.17) is 17.6 Å². The number of amidine groups is 1. The Morgan fingerprint density at radius 3 is 1.73 bits per heavy atom. The highest BCUT2D eigenvalue weighted by atomic mass is 32.1. The molecule has 7 heteroatoms. The lowest BCUT2D eigenvalue weighted by Gasteiger charge is -2.14. The second-order valence-corrected chi connectivity index (χ2v) is 5.71. The number of carbonyl (C=O) groups excluding carboxylic acids is 2. The smallest absolute Gasteiger partial charge is 0.256 e. The fraction of sp³-hybridized carbons (Fsp3) is 0.0526. The number of benzene rings is 2. The van der Waals surface area contributed by atoms with Crippen molar-refractivity contribution in [2.45, 2.75) is 6.92 Å². The maximum Gasteiger partial charge on any atom is 0.256 e. The second kappa shape index (κ2) is 8.68. The van der Waals surface area contributed by atoms with E-state index in [1.165, 1.54) is 6.92 Å². The molecule has 0 aliphatic rings. The van der Waals surface area contributed by atoms with Gasteiger partial charge in [-0.1, -0.05) is 48.6 Å². The van der Waals surface area contributed by atoms with Crippen LogP contribution in [0, 0.1) is 5.41 Å². The van der Waals surface area contributed by atoms with E-state index in [1.807, 2.05) is 0 Å². The predicted octanol–water partition coefficient (Wildman–Crippen LogP) is 2.98. The summed E-state index contributed by atoms with van der Waals surface area (Å²) in [5, 5.41) is 22.7. The number of amides is 2. The standard InChI is InChI=1S/C19H17N3O3S/c1-12(23)15(16(20)21-17(24)13-8-4-2-5-9-13)19(26)22-18(25)14-10-6-3-7-11-14/h2-11,23H,1H3,(H2,20,21,24)(H,22,25,26)/b15-12-. The van der Waals surface area contributed by atoms with Gasteiger partial charge in [0.15, 0.2) is 0 Å². The van der Waals surface area contributed by atoms with Crippen LogP contribution < -0.4 is 10.6 Å². The van der Waals surface area contributed by atoms with E-state index in [0.717, 1.165) is 0 Å². The highest BCUT2D eigenvalue weighted by Crippen LogP contribution is 2.07. The summed E-state index contributed by atoms with van der Waals surface area (Å²) in [6.07, 6.45) is 0. The van der Waals surface area contributed by atoms with Gasteiger partial charge < -0.3 is 15.7 Å². The number of allylic oxidation sites excluding steroid dienone is 1. The van der Waals surface area contributed by atoms with Gasteiger partial charge in [-0.3, -0.25) is 15.0 Å². The van der Waals surface area contributed by atoms with E-state index in [0.29, 0.717) is 11.1 Å². The fourth-order valence-electron chi connectivity index (χ4n) is 2.12. The number of aliphatic hydroxyl groups excluding tert-OH is 1. The lowest BCUT2D eigenvalue weighted by atomic mass is 10.1. The molecule has 0 atom stereocenters.